The van der Waals surface area contributed by atoms with Crippen molar-refractivity contribution < 1.29 is 18.1 Å². The van der Waals surface area contributed by atoms with Gasteiger partial charge in [-0.3, -0.25) is 0 Å². The Morgan fingerprint density at radius 2 is 1.00 bits per heavy atom. The molecule has 0 amide bonds. The van der Waals surface area contributed by atoms with Crippen LogP contribution in [0.2, 0.25) is 54.4 Å². The maximum absolute atomic E-state index is 11.9. The van der Waals surface area contributed by atoms with Crippen LogP contribution in [-0.4, -0.2) is 49.6 Å². The summed E-state index contributed by atoms with van der Waals surface area (Å²) in [5.74, 6) is 0.199. The Hall–Kier alpha value is 0.201. The fraction of sp³-hybridized carbons (Fsp3) is 0.960. The van der Waals surface area contributed by atoms with Crippen molar-refractivity contribution in [3.63, 3.8) is 0 Å². The zero-order chi connectivity index (χ0) is 26.0. The molecule has 0 fully saturated rings. The van der Waals surface area contributed by atoms with Gasteiger partial charge >= 0.3 is 0 Å². The Morgan fingerprint density at radius 3 is 1.31 bits per heavy atom. The fourth-order valence-electron chi connectivity index (χ4n) is 2.50. The Labute approximate surface area is 204 Å². The summed E-state index contributed by atoms with van der Waals surface area (Å²) in [5.41, 5.74) is 0. The first-order valence-corrected chi connectivity index (χ1v) is 21.1. The molecule has 192 valence electrons. The lowest BCUT2D eigenvalue weighted by Gasteiger charge is -2.46. The SMILES string of the molecule is CC(=O)CC[C@@H](O[Si](C)(C)C(C)(C)C)[C@H](CO[Si](C)(C)C(C)(C)C)O[Si](C)(C)C(C)(C)C. The second-order valence-electron chi connectivity index (χ2n) is 14.1. The van der Waals surface area contributed by atoms with E-state index >= 15 is 0 Å². The van der Waals surface area contributed by atoms with Crippen molar-refractivity contribution in [2.45, 2.75) is 149 Å². The second kappa shape index (κ2) is 10.9. The van der Waals surface area contributed by atoms with Crippen molar-refractivity contribution >= 4 is 30.7 Å². The predicted octanol–water partition coefficient (Wildman–Crippen LogP) is 8.16. The van der Waals surface area contributed by atoms with Gasteiger partial charge < -0.3 is 18.1 Å². The molecule has 32 heavy (non-hydrogen) atoms. The molecule has 0 unspecified atom stereocenters. The summed E-state index contributed by atoms with van der Waals surface area (Å²) >= 11 is 0. The van der Waals surface area contributed by atoms with E-state index in [0.717, 1.165) is 0 Å². The van der Waals surface area contributed by atoms with Crippen molar-refractivity contribution in [2.24, 2.45) is 0 Å². The molecule has 0 heterocycles. The summed E-state index contributed by atoms with van der Waals surface area (Å²) in [4.78, 5) is 11.9. The highest BCUT2D eigenvalue weighted by atomic mass is 28.4. The lowest BCUT2D eigenvalue weighted by Crippen LogP contribution is -2.54. The Kier molecular flexibility index (Phi) is 10.9. The number of carbonyl (C=O) groups is 1. The van der Waals surface area contributed by atoms with E-state index in [-0.39, 0.29) is 33.1 Å². The standard InChI is InChI=1S/C25H56O4Si3/c1-20(26)17-18-21(28-31(13,14)24(5,6)7)22(29-32(15,16)25(8,9)10)19-27-30(11,12)23(2,3)4/h21-22H,17-19H2,1-16H3/t21-,22+/m1/s1. The van der Waals surface area contributed by atoms with Crippen molar-refractivity contribution in [3.8, 4) is 0 Å². The fourth-order valence-corrected chi connectivity index (χ4v) is 6.23. The van der Waals surface area contributed by atoms with Crippen LogP contribution >= 0.6 is 0 Å². The zero-order valence-electron chi connectivity index (χ0n) is 24.4. The third-order valence-electron chi connectivity index (χ3n) is 8.11. The van der Waals surface area contributed by atoms with Crippen molar-refractivity contribution in [1.82, 2.24) is 0 Å². The number of Topliss-reactive ketones (excluding diaryl/α,β-unsaturated/α-hetero) is 1. The maximum Gasteiger partial charge on any atom is 0.192 e. The molecule has 7 heteroatoms. The van der Waals surface area contributed by atoms with Crippen LogP contribution in [0.4, 0.5) is 0 Å². The molecule has 0 aliphatic carbocycles. The van der Waals surface area contributed by atoms with Crippen molar-refractivity contribution in [2.75, 3.05) is 6.61 Å². The van der Waals surface area contributed by atoms with Gasteiger partial charge in [-0.1, -0.05) is 62.3 Å². The first kappa shape index (κ1) is 32.2. The van der Waals surface area contributed by atoms with E-state index in [9.17, 15) is 4.79 Å². The van der Waals surface area contributed by atoms with Crippen molar-refractivity contribution in [3.05, 3.63) is 0 Å². The van der Waals surface area contributed by atoms with Gasteiger partial charge in [0.25, 0.3) is 0 Å². The number of carbonyl (C=O) groups excluding carboxylic acids is 1. The smallest absolute Gasteiger partial charge is 0.192 e. The molecule has 4 nitrogen and oxygen atoms in total. The Balaban J connectivity index is 6.16. The molecule has 0 aliphatic heterocycles. The summed E-state index contributed by atoms with van der Waals surface area (Å²) in [6.45, 7) is 36.3. The molecule has 0 radical (unpaired) electrons. The highest BCUT2D eigenvalue weighted by Gasteiger charge is 2.46. The average molecular weight is 505 g/mol. The van der Waals surface area contributed by atoms with E-state index in [1.807, 2.05) is 0 Å². The van der Waals surface area contributed by atoms with E-state index in [2.05, 4.69) is 102 Å². The second-order valence-corrected chi connectivity index (χ2v) is 28.5. The van der Waals surface area contributed by atoms with Crippen LogP contribution in [0.25, 0.3) is 0 Å². The summed E-state index contributed by atoms with van der Waals surface area (Å²) in [6.07, 6.45) is 0.885. The Bertz CT molecular complexity index is 608. The molecule has 0 N–H and O–H groups in total. The van der Waals surface area contributed by atoms with Gasteiger partial charge in [0.2, 0.25) is 0 Å². The number of hydrogen-bond donors (Lipinski definition) is 0. The first-order valence-electron chi connectivity index (χ1n) is 12.3. The summed E-state index contributed by atoms with van der Waals surface area (Å²) < 4.78 is 20.6. The normalized spacial score (nSPS) is 16.8. The molecule has 0 saturated carbocycles. The number of ketones is 1. The van der Waals surface area contributed by atoms with Gasteiger partial charge in [0.05, 0.1) is 18.8 Å². The van der Waals surface area contributed by atoms with E-state index in [1.54, 1.807) is 6.92 Å². The molecule has 0 spiro atoms. The third-order valence-corrected chi connectivity index (χ3v) is 21.6. The Morgan fingerprint density at radius 1 is 0.656 bits per heavy atom. The van der Waals surface area contributed by atoms with Gasteiger partial charge in [-0.2, -0.15) is 0 Å². The van der Waals surface area contributed by atoms with E-state index in [1.165, 1.54) is 0 Å². The largest absolute Gasteiger partial charge is 0.414 e. The van der Waals surface area contributed by atoms with E-state index < -0.39 is 25.0 Å². The van der Waals surface area contributed by atoms with Gasteiger partial charge in [-0.25, -0.2) is 0 Å². The first-order chi connectivity index (χ1) is 13.8. The van der Waals surface area contributed by atoms with Crippen LogP contribution < -0.4 is 0 Å². The summed E-state index contributed by atoms with van der Waals surface area (Å²) in [7, 11) is -6.07. The molecule has 0 bridgehead atoms. The summed E-state index contributed by atoms with van der Waals surface area (Å²) in [6, 6.07) is 0. The molecular formula is C25H56O4Si3. The lowest BCUT2D eigenvalue weighted by molar-refractivity contribution is -0.117. The molecule has 0 aliphatic rings. The number of rotatable bonds is 11. The van der Waals surface area contributed by atoms with Crippen LogP contribution in [-0.2, 0) is 18.1 Å². The molecular weight excluding hydrogens is 449 g/mol. The van der Waals surface area contributed by atoms with Gasteiger partial charge in [0, 0.05) is 6.42 Å². The van der Waals surface area contributed by atoms with Gasteiger partial charge in [0.15, 0.2) is 25.0 Å². The lowest BCUT2D eigenvalue weighted by atomic mass is 10.1. The minimum atomic E-state index is -2.06. The van der Waals surface area contributed by atoms with Crippen molar-refractivity contribution in [1.29, 1.82) is 0 Å². The molecule has 0 saturated heterocycles. The molecule has 0 aromatic carbocycles. The van der Waals surface area contributed by atoms with Crippen LogP contribution in [0.5, 0.6) is 0 Å². The topological polar surface area (TPSA) is 44.8 Å². The zero-order valence-corrected chi connectivity index (χ0v) is 27.4. The van der Waals surface area contributed by atoms with Crippen LogP contribution in [0.1, 0.15) is 82.1 Å². The predicted molar refractivity (Wildman–Crippen MR) is 147 cm³/mol. The average Bonchev–Trinajstić information content (AvgIpc) is 2.51. The van der Waals surface area contributed by atoms with E-state index in [4.69, 9.17) is 13.3 Å². The quantitative estimate of drug-likeness (QED) is 0.266. The monoisotopic (exact) mass is 504 g/mol. The molecule has 2 atom stereocenters. The van der Waals surface area contributed by atoms with Crippen LogP contribution in [0, 0.1) is 0 Å². The van der Waals surface area contributed by atoms with Gasteiger partial charge in [-0.15, -0.1) is 0 Å². The highest BCUT2D eigenvalue weighted by molar-refractivity contribution is 6.75. The molecule has 0 aromatic heterocycles. The third kappa shape index (κ3) is 9.45. The number of hydrogen-bond acceptors (Lipinski definition) is 4. The summed E-state index contributed by atoms with van der Waals surface area (Å²) in [5, 5.41) is 0.303. The van der Waals surface area contributed by atoms with Gasteiger partial charge in [-0.05, 0) is 67.7 Å². The highest BCUT2D eigenvalue weighted by Crippen LogP contribution is 2.42. The van der Waals surface area contributed by atoms with Gasteiger partial charge in [0.1, 0.15) is 5.78 Å². The maximum atomic E-state index is 11.9. The minimum absolute atomic E-state index is 0.0866. The van der Waals surface area contributed by atoms with Crippen LogP contribution in [0.3, 0.4) is 0 Å². The van der Waals surface area contributed by atoms with Crippen LogP contribution in [0.15, 0.2) is 0 Å². The minimum Gasteiger partial charge on any atom is -0.414 e. The molecule has 0 rings (SSSR count). The van der Waals surface area contributed by atoms with E-state index in [0.29, 0.717) is 19.4 Å². The molecule has 0 aromatic rings.